The van der Waals surface area contributed by atoms with Crippen molar-refractivity contribution in [3.05, 3.63) is 76.9 Å². The number of anilines is 1. The van der Waals surface area contributed by atoms with Crippen molar-refractivity contribution in [2.24, 2.45) is 0 Å². The van der Waals surface area contributed by atoms with E-state index in [-0.39, 0.29) is 11.7 Å². The molecule has 3 aromatic rings. The first-order chi connectivity index (χ1) is 14.1. The van der Waals surface area contributed by atoms with Crippen molar-refractivity contribution in [1.29, 1.82) is 0 Å². The summed E-state index contributed by atoms with van der Waals surface area (Å²) < 4.78 is 13.6. The minimum atomic E-state index is -0.227. The van der Waals surface area contributed by atoms with E-state index < -0.39 is 0 Å². The third-order valence-corrected chi connectivity index (χ3v) is 5.30. The molecule has 1 heterocycles. The highest BCUT2D eigenvalue weighted by atomic mass is 19.1. The smallest absolute Gasteiger partial charge is 0.225 e. The van der Waals surface area contributed by atoms with Crippen LogP contribution >= 0.6 is 0 Å². The maximum Gasteiger partial charge on any atom is 0.225 e. The Labute approximate surface area is 170 Å². The van der Waals surface area contributed by atoms with Gasteiger partial charge in [-0.1, -0.05) is 37.3 Å². The Kier molecular flexibility index (Phi) is 5.65. The van der Waals surface area contributed by atoms with Crippen molar-refractivity contribution in [1.82, 2.24) is 9.97 Å². The number of nitrogens with one attached hydrogen (secondary N) is 1. The Morgan fingerprint density at radius 1 is 1.10 bits per heavy atom. The molecule has 0 fully saturated rings. The Hall–Kier alpha value is -3.08. The number of benzene rings is 2. The van der Waals surface area contributed by atoms with Gasteiger partial charge >= 0.3 is 0 Å². The first-order valence-corrected chi connectivity index (χ1v) is 10.2. The molecule has 1 aliphatic rings. The van der Waals surface area contributed by atoms with E-state index >= 15 is 0 Å². The summed E-state index contributed by atoms with van der Waals surface area (Å²) in [5, 5.41) is 2.96. The monoisotopic (exact) mass is 389 g/mol. The SMILES string of the molecule is CCc1nc2c(nc1NC(=O)CCCc1ccccc1)CCc1cc(F)ccc1-2. The van der Waals surface area contributed by atoms with Gasteiger partial charge in [-0.2, -0.15) is 0 Å². The zero-order valence-electron chi connectivity index (χ0n) is 16.5. The van der Waals surface area contributed by atoms with Crippen LogP contribution in [0.1, 0.15) is 42.3 Å². The van der Waals surface area contributed by atoms with Gasteiger partial charge in [0.25, 0.3) is 0 Å². The zero-order chi connectivity index (χ0) is 20.2. The molecule has 0 aliphatic heterocycles. The van der Waals surface area contributed by atoms with Crippen molar-refractivity contribution in [2.75, 3.05) is 5.32 Å². The molecule has 148 valence electrons. The number of carbonyl (C=O) groups is 1. The Balaban J connectivity index is 1.48. The molecule has 4 nitrogen and oxygen atoms in total. The summed E-state index contributed by atoms with van der Waals surface area (Å²) in [4.78, 5) is 22.0. The van der Waals surface area contributed by atoms with Gasteiger partial charge in [-0.05, 0) is 61.4 Å². The molecule has 0 bridgehead atoms. The first kappa shape index (κ1) is 19.2. The molecule has 0 saturated carbocycles. The number of carbonyl (C=O) groups excluding carboxylic acids is 1. The normalized spacial score (nSPS) is 12.2. The first-order valence-electron chi connectivity index (χ1n) is 10.2. The van der Waals surface area contributed by atoms with Crippen molar-refractivity contribution in [2.45, 2.75) is 45.4 Å². The molecule has 29 heavy (non-hydrogen) atoms. The van der Waals surface area contributed by atoms with Gasteiger partial charge in [0.05, 0.1) is 17.1 Å². The summed E-state index contributed by atoms with van der Waals surface area (Å²) >= 11 is 0. The van der Waals surface area contributed by atoms with Crippen molar-refractivity contribution >= 4 is 11.7 Å². The quantitative estimate of drug-likeness (QED) is 0.652. The number of nitrogens with zero attached hydrogens (tertiary/aromatic N) is 2. The van der Waals surface area contributed by atoms with Crippen LogP contribution in [0.15, 0.2) is 48.5 Å². The lowest BCUT2D eigenvalue weighted by molar-refractivity contribution is -0.116. The van der Waals surface area contributed by atoms with Crippen LogP contribution in [0.5, 0.6) is 0 Å². The average molecular weight is 389 g/mol. The molecular weight excluding hydrogens is 365 g/mol. The maximum absolute atomic E-state index is 13.6. The molecule has 4 rings (SSSR count). The van der Waals surface area contributed by atoms with Gasteiger partial charge in [0, 0.05) is 12.0 Å². The fourth-order valence-corrected chi connectivity index (χ4v) is 3.79. The van der Waals surface area contributed by atoms with Gasteiger partial charge in [-0.25, -0.2) is 14.4 Å². The highest BCUT2D eigenvalue weighted by Gasteiger charge is 2.22. The topological polar surface area (TPSA) is 54.9 Å². The van der Waals surface area contributed by atoms with Crippen LogP contribution in [0.2, 0.25) is 0 Å². The lowest BCUT2D eigenvalue weighted by atomic mass is 9.91. The number of hydrogen-bond donors (Lipinski definition) is 1. The molecule has 1 aliphatic carbocycles. The maximum atomic E-state index is 13.6. The Morgan fingerprint density at radius 2 is 1.93 bits per heavy atom. The second-order valence-electron chi connectivity index (χ2n) is 7.36. The molecule has 0 unspecified atom stereocenters. The van der Waals surface area contributed by atoms with Crippen LogP contribution in [0.3, 0.4) is 0 Å². The number of fused-ring (bicyclic) bond motifs is 3. The van der Waals surface area contributed by atoms with Gasteiger partial charge in [0.15, 0.2) is 5.82 Å². The number of rotatable bonds is 6. The molecule has 5 heteroatoms. The van der Waals surface area contributed by atoms with Crippen molar-refractivity contribution < 1.29 is 9.18 Å². The average Bonchev–Trinajstić information content (AvgIpc) is 2.73. The number of amides is 1. The highest BCUT2D eigenvalue weighted by molar-refractivity contribution is 5.90. The molecule has 1 aromatic heterocycles. The molecular formula is C24H24FN3O. The van der Waals surface area contributed by atoms with Crippen LogP contribution < -0.4 is 5.32 Å². The number of aromatic nitrogens is 2. The van der Waals surface area contributed by atoms with E-state index in [1.807, 2.05) is 25.1 Å². The summed E-state index contributed by atoms with van der Waals surface area (Å²) in [6.45, 7) is 2.00. The second-order valence-corrected chi connectivity index (χ2v) is 7.36. The van der Waals surface area contributed by atoms with Crippen LogP contribution in [0.4, 0.5) is 10.2 Å². The predicted octanol–water partition coefficient (Wildman–Crippen LogP) is 4.91. The number of halogens is 1. The minimum absolute atomic E-state index is 0.0387. The Bertz CT molecular complexity index is 1030. The van der Waals surface area contributed by atoms with Gasteiger partial charge < -0.3 is 5.32 Å². The van der Waals surface area contributed by atoms with E-state index in [1.165, 1.54) is 11.6 Å². The summed E-state index contributed by atoms with van der Waals surface area (Å²) in [5.74, 6) is 0.292. The highest BCUT2D eigenvalue weighted by Crippen LogP contribution is 2.33. The van der Waals surface area contributed by atoms with E-state index in [4.69, 9.17) is 9.97 Å². The second kappa shape index (κ2) is 8.52. The van der Waals surface area contributed by atoms with E-state index in [9.17, 15) is 9.18 Å². The fraction of sp³-hybridized carbons (Fsp3) is 0.292. The molecule has 0 spiro atoms. The molecule has 0 radical (unpaired) electrons. The van der Waals surface area contributed by atoms with E-state index in [0.29, 0.717) is 25.1 Å². The summed E-state index contributed by atoms with van der Waals surface area (Å²) in [6, 6.07) is 15.0. The third-order valence-electron chi connectivity index (χ3n) is 5.30. The van der Waals surface area contributed by atoms with Crippen LogP contribution in [0, 0.1) is 5.82 Å². The molecule has 0 atom stereocenters. The molecule has 1 N–H and O–H groups in total. The van der Waals surface area contributed by atoms with Crippen molar-refractivity contribution in [3.63, 3.8) is 0 Å². The van der Waals surface area contributed by atoms with Crippen LogP contribution in [-0.4, -0.2) is 15.9 Å². The van der Waals surface area contributed by atoms with E-state index in [0.717, 1.165) is 47.5 Å². The van der Waals surface area contributed by atoms with Gasteiger partial charge in [0.1, 0.15) is 5.82 Å². The fourth-order valence-electron chi connectivity index (χ4n) is 3.79. The number of hydrogen-bond acceptors (Lipinski definition) is 3. The van der Waals surface area contributed by atoms with E-state index in [1.54, 1.807) is 12.1 Å². The third kappa shape index (κ3) is 4.34. The van der Waals surface area contributed by atoms with Gasteiger partial charge in [0.2, 0.25) is 5.91 Å². The summed E-state index contributed by atoms with van der Waals surface area (Å²) in [5.41, 5.74) is 5.57. The number of aryl methyl sites for hydroxylation is 4. The largest absolute Gasteiger partial charge is 0.309 e. The summed E-state index contributed by atoms with van der Waals surface area (Å²) in [7, 11) is 0. The van der Waals surface area contributed by atoms with Gasteiger partial charge in [-0.3, -0.25) is 4.79 Å². The lowest BCUT2D eigenvalue weighted by Gasteiger charge is -2.20. The predicted molar refractivity (Wildman–Crippen MR) is 112 cm³/mol. The molecule has 2 aromatic carbocycles. The molecule has 1 amide bonds. The molecule has 0 saturated heterocycles. The van der Waals surface area contributed by atoms with Crippen LogP contribution in [-0.2, 0) is 30.5 Å². The van der Waals surface area contributed by atoms with Crippen molar-refractivity contribution in [3.8, 4) is 11.3 Å². The minimum Gasteiger partial charge on any atom is -0.309 e. The Morgan fingerprint density at radius 3 is 2.72 bits per heavy atom. The van der Waals surface area contributed by atoms with Gasteiger partial charge in [-0.15, -0.1) is 0 Å². The van der Waals surface area contributed by atoms with E-state index in [2.05, 4.69) is 17.4 Å². The standard InChI is InChI=1S/C24H24FN3O/c1-2-20-24(28-22(29)10-6-9-16-7-4-3-5-8-16)27-21-14-11-17-15-18(25)12-13-19(17)23(21)26-20/h3-5,7-8,12-13,15H,2,6,9-11,14H2,1H3,(H,27,28,29). The summed E-state index contributed by atoms with van der Waals surface area (Å²) in [6.07, 6.45) is 4.19. The lowest BCUT2D eigenvalue weighted by Crippen LogP contribution is -2.18. The van der Waals surface area contributed by atoms with Crippen LogP contribution in [0.25, 0.3) is 11.3 Å². The zero-order valence-corrected chi connectivity index (χ0v) is 16.5.